The van der Waals surface area contributed by atoms with Crippen LogP contribution in [0.2, 0.25) is 0 Å². The number of methoxy groups -OCH3 is 1. The Morgan fingerprint density at radius 1 is 1.52 bits per heavy atom. The average Bonchev–Trinajstić information content (AvgIpc) is 3.04. The predicted molar refractivity (Wildman–Crippen MR) is 78.3 cm³/mol. The first-order valence-corrected chi connectivity index (χ1v) is 7.26. The predicted octanol–water partition coefficient (Wildman–Crippen LogP) is 1.19. The van der Waals surface area contributed by atoms with Crippen molar-refractivity contribution in [2.45, 2.75) is 25.0 Å². The molecule has 1 heterocycles. The number of rotatable bonds is 5. The molecule has 1 atom stereocenters. The van der Waals surface area contributed by atoms with Gasteiger partial charge in [0.05, 0.1) is 19.3 Å². The van der Waals surface area contributed by atoms with Crippen LogP contribution >= 0.6 is 0 Å². The highest BCUT2D eigenvalue weighted by Gasteiger charge is 2.37. The molecule has 1 amide bonds. The molecule has 0 radical (unpaired) electrons. The lowest BCUT2D eigenvalue weighted by molar-refractivity contribution is 0.0230. The molecule has 1 fully saturated rings. The van der Waals surface area contributed by atoms with Gasteiger partial charge in [-0.3, -0.25) is 9.89 Å². The number of aliphatic hydroxyl groups is 1. The molecule has 0 aliphatic heterocycles. The molecule has 23 heavy (non-hydrogen) atoms. The molecular weight excluding hydrogens is 303 g/mol. The van der Waals surface area contributed by atoms with Gasteiger partial charge in [-0.2, -0.15) is 5.10 Å². The summed E-state index contributed by atoms with van der Waals surface area (Å²) < 4.78 is 19.0. The molecule has 0 bridgehead atoms. The first-order valence-electron chi connectivity index (χ1n) is 7.26. The Hall–Kier alpha value is -2.48. The van der Waals surface area contributed by atoms with Gasteiger partial charge in [0.15, 0.2) is 0 Å². The van der Waals surface area contributed by atoms with E-state index in [2.05, 4.69) is 20.5 Å². The van der Waals surface area contributed by atoms with Crippen LogP contribution in [0.4, 0.5) is 4.39 Å². The van der Waals surface area contributed by atoms with Crippen LogP contribution in [0.3, 0.4) is 0 Å². The zero-order valence-electron chi connectivity index (χ0n) is 12.5. The van der Waals surface area contributed by atoms with Crippen molar-refractivity contribution < 1.29 is 19.0 Å². The maximum Gasteiger partial charge on any atom is 0.289 e. The van der Waals surface area contributed by atoms with Crippen molar-refractivity contribution >= 4 is 5.91 Å². The number of carbonyl (C=O) groups excluding carboxylic acids is 1. The summed E-state index contributed by atoms with van der Waals surface area (Å²) in [5, 5.41) is 18.5. The number of aromatic nitrogens is 3. The highest BCUT2D eigenvalue weighted by Crippen LogP contribution is 2.41. The summed E-state index contributed by atoms with van der Waals surface area (Å²) in [5.74, 6) is -0.312. The molecular formula is C15H17FN4O3. The molecule has 8 heteroatoms. The fraction of sp³-hybridized carbons (Fsp3) is 0.400. The van der Waals surface area contributed by atoms with E-state index in [1.807, 2.05) is 0 Å². The van der Waals surface area contributed by atoms with E-state index in [-0.39, 0.29) is 11.7 Å². The first-order chi connectivity index (χ1) is 11.1. The van der Waals surface area contributed by atoms with Crippen LogP contribution in [0.5, 0.6) is 5.75 Å². The van der Waals surface area contributed by atoms with Crippen molar-refractivity contribution in [2.75, 3.05) is 7.11 Å². The zero-order valence-corrected chi connectivity index (χ0v) is 12.5. The largest absolute Gasteiger partial charge is 0.496 e. The molecule has 1 aromatic heterocycles. The maximum atomic E-state index is 13.7. The molecule has 2 aromatic rings. The lowest BCUT2D eigenvalue weighted by Crippen LogP contribution is -2.41. The molecule has 1 aromatic carbocycles. The van der Waals surface area contributed by atoms with Gasteiger partial charge in [-0.15, -0.1) is 0 Å². The number of nitrogens with one attached hydrogen (secondary N) is 2. The van der Waals surface area contributed by atoms with E-state index in [4.69, 9.17) is 4.74 Å². The van der Waals surface area contributed by atoms with Crippen molar-refractivity contribution in [1.82, 2.24) is 20.5 Å². The fourth-order valence-corrected chi connectivity index (χ4v) is 2.82. The SMILES string of the molecule is COc1ccc(F)cc1C(NC(=O)c1ncn[nH]1)C1CC(O)C1. The van der Waals surface area contributed by atoms with Crippen molar-refractivity contribution in [1.29, 1.82) is 0 Å². The number of ether oxygens (including phenoxy) is 1. The summed E-state index contributed by atoms with van der Waals surface area (Å²) in [7, 11) is 1.49. The van der Waals surface area contributed by atoms with E-state index >= 15 is 0 Å². The molecule has 0 saturated heterocycles. The Labute approximate surface area is 131 Å². The summed E-state index contributed by atoms with van der Waals surface area (Å²) in [4.78, 5) is 16.1. The van der Waals surface area contributed by atoms with E-state index in [9.17, 15) is 14.3 Å². The lowest BCUT2D eigenvalue weighted by atomic mass is 9.75. The van der Waals surface area contributed by atoms with Gasteiger partial charge in [-0.25, -0.2) is 9.37 Å². The number of carbonyl (C=O) groups is 1. The summed E-state index contributed by atoms with van der Waals surface area (Å²) in [6.07, 6.45) is 1.89. The monoisotopic (exact) mass is 320 g/mol. The van der Waals surface area contributed by atoms with Gasteiger partial charge in [0.1, 0.15) is 17.9 Å². The van der Waals surface area contributed by atoms with Crippen LogP contribution in [0.15, 0.2) is 24.5 Å². The smallest absolute Gasteiger partial charge is 0.289 e. The van der Waals surface area contributed by atoms with E-state index in [1.54, 1.807) is 0 Å². The summed E-state index contributed by atoms with van der Waals surface area (Å²) in [6.45, 7) is 0. The quantitative estimate of drug-likeness (QED) is 0.768. The van der Waals surface area contributed by atoms with E-state index in [1.165, 1.54) is 31.6 Å². The van der Waals surface area contributed by atoms with Crippen LogP contribution < -0.4 is 10.1 Å². The van der Waals surface area contributed by atoms with Gasteiger partial charge < -0.3 is 15.2 Å². The second kappa shape index (κ2) is 6.33. The molecule has 3 rings (SSSR count). The number of hydrogen-bond donors (Lipinski definition) is 3. The molecule has 3 N–H and O–H groups in total. The zero-order chi connectivity index (χ0) is 16.4. The number of benzene rings is 1. The van der Waals surface area contributed by atoms with Gasteiger partial charge in [-0.05, 0) is 37.0 Å². The van der Waals surface area contributed by atoms with Gasteiger partial charge >= 0.3 is 0 Å². The third-order valence-electron chi connectivity index (χ3n) is 4.06. The van der Waals surface area contributed by atoms with E-state index < -0.39 is 23.9 Å². The Morgan fingerprint density at radius 3 is 2.91 bits per heavy atom. The van der Waals surface area contributed by atoms with Crippen LogP contribution in [-0.2, 0) is 0 Å². The third kappa shape index (κ3) is 3.16. The number of aromatic amines is 1. The first kappa shape index (κ1) is 15.4. The second-order valence-electron chi connectivity index (χ2n) is 5.56. The van der Waals surface area contributed by atoms with Crippen LogP contribution in [-0.4, -0.2) is 39.4 Å². The van der Waals surface area contributed by atoms with Gasteiger partial charge in [-0.1, -0.05) is 0 Å². The molecule has 122 valence electrons. The molecule has 0 spiro atoms. The van der Waals surface area contributed by atoms with Crippen molar-refractivity contribution in [2.24, 2.45) is 5.92 Å². The average molecular weight is 320 g/mol. The van der Waals surface area contributed by atoms with Gasteiger partial charge in [0, 0.05) is 5.56 Å². The number of H-pyrrole nitrogens is 1. The minimum atomic E-state index is -0.485. The molecule has 1 aliphatic carbocycles. The van der Waals surface area contributed by atoms with E-state index in [0.29, 0.717) is 24.2 Å². The maximum absolute atomic E-state index is 13.7. The molecule has 1 unspecified atom stereocenters. The summed E-state index contributed by atoms with van der Waals surface area (Å²) in [6, 6.07) is 3.68. The number of aliphatic hydroxyl groups excluding tert-OH is 1. The van der Waals surface area contributed by atoms with Crippen molar-refractivity contribution in [3.63, 3.8) is 0 Å². The second-order valence-corrected chi connectivity index (χ2v) is 5.56. The Kier molecular flexibility index (Phi) is 4.24. The minimum absolute atomic E-state index is 0.00688. The van der Waals surface area contributed by atoms with Crippen LogP contribution in [0.25, 0.3) is 0 Å². The Bertz CT molecular complexity index is 686. The van der Waals surface area contributed by atoms with Crippen molar-refractivity contribution in [3.8, 4) is 5.75 Å². The fourth-order valence-electron chi connectivity index (χ4n) is 2.82. The number of hydrogen-bond acceptors (Lipinski definition) is 5. The third-order valence-corrected chi connectivity index (χ3v) is 4.06. The van der Waals surface area contributed by atoms with Gasteiger partial charge in [0.2, 0.25) is 5.82 Å². The van der Waals surface area contributed by atoms with Crippen LogP contribution in [0, 0.1) is 11.7 Å². The summed E-state index contributed by atoms with van der Waals surface area (Å²) >= 11 is 0. The number of nitrogens with zero attached hydrogens (tertiary/aromatic N) is 2. The normalized spacial score (nSPS) is 21.3. The summed E-state index contributed by atoms with van der Waals surface area (Å²) in [5.41, 5.74) is 0.539. The number of amides is 1. The van der Waals surface area contributed by atoms with Crippen LogP contribution in [0.1, 0.15) is 35.1 Å². The Balaban J connectivity index is 1.90. The standard InChI is InChI=1S/C15H17FN4O3/c1-23-12-3-2-9(16)6-11(12)13(8-4-10(21)5-8)19-15(22)14-17-7-18-20-14/h2-3,6-8,10,13,21H,4-5H2,1H3,(H,19,22)(H,17,18,20). The van der Waals surface area contributed by atoms with E-state index in [0.717, 1.165) is 0 Å². The highest BCUT2D eigenvalue weighted by molar-refractivity contribution is 5.90. The number of halogens is 1. The molecule has 7 nitrogen and oxygen atoms in total. The Morgan fingerprint density at radius 2 is 2.30 bits per heavy atom. The van der Waals surface area contributed by atoms with Crippen molar-refractivity contribution in [3.05, 3.63) is 41.7 Å². The minimum Gasteiger partial charge on any atom is -0.496 e. The topological polar surface area (TPSA) is 100 Å². The highest BCUT2D eigenvalue weighted by atomic mass is 19.1. The lowest BCUT2D eigenvalue weighted by Gasteiger charge is -2.38. The molecule has 1 aliphatic rings. The van der Waals surface area contributed by atoms with Gasteiger partial charge in [0.25, 0.3) is 5.91 Å². The molecule has 1 saturated carbocycles.